The molecule has 2 N–H and O–H groups in total. The Morgan fingerprint density at radius 1 is 1.12 bits per heavy atom. The molecule has 2 amide bonds. The van der Waals surface area contributed by atoms with Gasteiger partial charge in [-0.15, -0.1) is 0 Å². The highest BCUT2D eigenvalue weighted by molar-refractivity contribution is 5.73. The summed E-state index contributed by atoms with van der Waals surface area (Å²) in [6.07, 6.45) is 5.21. The molecule has 0 unspecified atom stereocenters. The number of rotatable bonds is 8. The molecule has 2 rings (SSSR count). The van der Waals surface area contributed by atoms with Gasteiger partial charge in [-0.25, -0.2) is 9.78 Å². The third-order valence-corrected chi connectivity index (χ3v) is 4.47. The average Bonchev–Trinajstić information content (AvgIpc) is 2.64. The van der Waals surface area contributed by atoms with Gasteiger partial charge in [0, 0.05) is 45.5 Å². The lowest BCUT2D eigenvalue weighted by molar-refractivity contribution is 0.240. The number of unbranched alkanes of at least 4 members (excludes halogenated alkanes) is 2. The predicted molar refractivity (Wildman–Crippen MR) is 98.3 cm³/mol. The second-order valence-electron chi connectivity index (χ2n) is 6.26. The maximum absolute atomic E-state index is 11.7. The maximum Gasteiger partial charge on any atom is 0.315 e. The van der Waals surface area contributed by atoms with E-state index in [1.54, 1.807) is 0 Å². The molecule has 1 aromatic rings. The van der Waals surface area contributed by atoms with Gasteiger partial charge in [0.15, 0.2) is 0 Å². The van der Waals surface area contributed by atoms with E-state index < -0.39 is 0 Å². The number of piperazine rings is 1. The number of amides is 2. The van der Waals surface area contributed by atoms with Crippen LogP contribution in [0.2, 0.25) is 0 Å². The number of anilines is 1. The number of carbonyl (C=O) groups excluding carboxylic acids is 1. The van der Waals surface area contributed by atoms with Crippen LogP contribution in [0.1, 0.15) is 38.7 Å². The van der Waals surface area contributed by atoms with Crippen molar-refractivity contribution in [3.63, 3.8) is 0 Å². The molecule has 6 heteroatoms. The Balaban J connectivity index is 1.71. The first-order valence-corrected chi connectivity index (χ1v) is 9.16. The van der Waals surface area contributed by atoms with Crippen LogP contribution in [0.3, 0.4) is 0 Å². The fraction of sp³-hybridized carbons (Fsp3) is 0.667. The lowest BCUT2D eigenvalue weighted by atomic mass is 10.2. The molecule has 0 saturated carbocycles. The third kappa shape index (κ3) is 6.00. The molecule has 1 aliphatic heterocycles. The number of hydrogen-bond acceptors (Lipinski definition) is 4. The standard InChI is InChI=1S/C18H31N5O/c1-3-5-6-9-19-18(24)21-15-16-7-8-17(20-14-16)23-12-10-22(4-2)11-13-23/h7-8,14H,3-6,9-13,15H2,1-2H3,(H2,19,21,24). The number of carbonyl (C=O) groups is 1. The number of aromatic nitrogens is 1. The molecule has 1 saturated heterocycles. The van der Waals surface area contributed by atoms with Crippen molar-refractivity contribution in [1.29, 1.82) is 0 Å². The summed E-state index contributed by atoms with van der Waals surface area (Å²) < 4.78 is 0. The molecule has 0 atom stereocenters. The molecule has 0 radical (unpaired) electrons. The lowest BCUT2D eigenvalue weighted by Crippen LogP contribution is -2.46. The zero-order valence-electron chi connectivity index (χ0n) is 15.1. The summed E-state index contributed by atoms with van der Waals surface area (Å²) in [6, 6.07) is 4.00. The van der Waals surface area contributed by atoms with Gasteiger partial charge in [-0.1, -0.05) is 32.8 Å². The Morgan fingerprint density at radius 3 is 2.54 bits per heavy atom. The third-order valence-electron chi connectivity index (χ3n) is 4.47. The molecular formula is C18H31N5O. The molecule has 0 spiro atoms. The van der Waals surface area contributed by atoms with E-state index in [4.69, 9.17) is 0 Å². The highest BCUT2D eigenvalue weighted by Crippen LogP contribution is 2.14. The Labute approximate surface area is 145 Å². The van der Waals surface area contributed by atoms with E-state index in [-0.39, 0.29) is 6.03 Å². The van der Waals surface area contributed by atoms with Crippen LogP contribution >= 0.6 is 0 Å². The van der Waals surface area contributed by atoms with Crippen LogP contribution in [0.4, 0.5) is 10.6 Å². The summed E-state index contributed by atoms with van der Waals surface area (Å²) in [7, 11) is 0. The van der Waals surface area contributed by atoms with Crippen molar-refractivity contribution in [3.8, 4) is 0 Å². The van der Waals surface area contributed by atoms with Crippen molar-refractivity contribution >= 4 is 11.8 Å². The van der Waals surface area contributed by atoms with Crippen LogP contribution in [-0.4, -0.2) is 55.2 Å². The van der Waals surface area contributed by atoms with Gasteiger partial charge >= 0.3 is 6.03 Å². The van der Waals surface area contributed by atoms with Crippen LogP contribution in [0.25, 0.3) is 0 Å². The molecule has 2 heterocycles. The minimum absolute atomic E-state index is 0.106. The van der Waals surface area contributed by atoms with E-state index in [0.717, 1.165) is 69.9 Å². The van der Waals surface area contributed by atoms with Gasteiger partial charge in [0.05, 0.1) is 0 Å². The zero-order valence-corrected chi connectivity index (χ0v) is 15.1. The van der Waals surface area contributed by atoms with Crippen molar-refractivity contribution < 1.29 is 4.79 Å². The van der Waals surface area contributed by atoms with E-state index in [0.29, 0.717) is 6.54 Å². The van der Waals surface area contributed by atoms with Crippen molar-refractivity contribution in [3.05, 3.63) is 23.9 Å². The lowest BCUT2D eigenvalue weighted by Gasteiger charge is -2.34. The number of nitrogens with zero attached hydrogens (tertiary/aromatic N) is 3. The van der Waals surface area contributed by atoms with Crippen LogP contribution in [-0.2, 0) is 6.54 Å². The molecule has 1 aliphatic rings. The average molecular weight is 333 g/mol. The summed E-state index contributed by atoms with van der Waals surface area (Å²) >= 11 is 0. The van der Waals surface area contributed by atoms with E-state index in [1.165, 1.54) is 0 Å². The Hall–Kier alpha value is -1.82. The Kier molecular flexibility index (Phi) is 7.82. The van der Waals surface area contributed by atoms with Gasteiger partial charge in [0.2, 0.25) is 0 Å². The molecule has 0 aliphatic carbocycles. The van der Waals surface area contributed by atoms with Crippen LogP contribution in [0.5, 0.6) is 0 Å². The van der Waals surface area contributed by atoms with Crippen LogP contribution in [0, 0.1) is 0 Å². The monoisotopic (exact) mass is 333 g/mol. The number of hydrogen-bond donors (Lipinski definition) is 2. The Morgan fingerprint density at radius 2 is 1.92 bits per heavy atom. The first-order valence-electron chi connectivity index (χ1n) is 9.16. The molecular weight excluding hydrogens is 302 g/mol. The molecule has 1 fully saturated rings. The molecule has 6 nitrogen and oxygen atoms in total. The van der Waals surface area contributed by atoms with Crippen molar-refractivity contribution in [2.75, 3.05) is 44.2 Å². The highest BCUT2D eigenvalue weighted by atomic mass is 16.2. The summed E-state index contributed by atoms with van der Waals surface area (Å²) in [5, 5.41) is 5.76. The van der Waals surface area contributed by atoms with E-state index in [2.05, 4.69) is 45.3 Å². The van der Waals surface area contributed by atoms with Crippen LogP contribution in [0.15, 0.2) is 18.3 Å². The van der Waals surface area contributed by atoms with Crippen molar-refractivity contribution in [1.82, 2.24) is 20.5 Å². The van der Waals surface area contributed by atoms with Gasteiger partial charge in [-0.05, 0) is 24.6 Å². The zero-order chi connectivity index (χ0) is 17.2. The van der Waals surface area contributed by atoms with E-state index >= 15 is 0 Å². The van der Waals surface area contributed by atoms with Gasteiger partial charge < -0.3 is 20.4 Å². The minimum Gasteiger partial charge on any atom is -0.354 e. The SMILES string of the molecule is CCCCCNC(=O)NCc1ccc(N2CCN(CC)CC2)nc1. The fourth-order valence-electron chi connectivity index (χ4n) is 2.82. The van der Waals surface area contributed by atoms with E-state index in [9.17, 15) is 4.79 Å². The number of likely N-dealkylation sites (N-methyl/N-ethyl adjacent to an activating group) is 1. The van der Waals surface area contributed by atoms with Gasteiger partial charge in [-0.2, -0.15) is 0 Å². The van der Waals surface area contributed by atoms with Crippen molar-refractivity contribution in [2.45, 2.75) is 39.7 Å². The molecule has 0 aromatic carbocycles. The first kappa shape index (κ1) is 18.5. The van der Waals surface area contributed by atoms with Gasteiger partial charge in [-0.3, -0.25) is 0 Å². The van der Waals surface area contributed by atoms with Gasteiger partial charge in [0.1, 0.15) is 5.82 Å². The maximum atomic E-state index is 11.7. The van der Waals surface area contributed by atoms with E-state index in [1.807, 2.05) is 12.3 Å². The van der Waals surface area contributed by atoms with Crippen molar-refractivity contribution in [2.24, 2.45) is 0 Å². The first-order chi connectivity index (χ1) is 11.7. The normalized spacial score (nSPS) is 15.3. The summed E-state index contributed by atoms with van der Waals surface area (Å²) in [6.45, 7) is 11.0. The highest BCUT2D eigenvalue weighted by Gasteiger charge is 2.16. The summed E-state index contributed by atoms with van der Waals surface area (Å²) in [4.78, 5) is 21.0. The van der Waals surface area contributed by atoms with Gasteiger partial charge in [0.25, 0.3) is 0 Å². The summed E-state index contributed by atoms with van der Waals surface area (Å²) in [5.41, 5.74) is 1.02. The number of nitrogens with one attached hydrogen (secondary N) is 2. The second-order valence-corrected chi connectivity index (χ2v) is 6.26. The Bertz CT molecular complexity index is 483. The smallest absolute Gasteiger partial charge is 0.315 e. The summed E-state index contributed by atoms with van der Waals surface area (Å²) in [5.74, 6) is 1.03. The number of pyridine rings is 1. The quantitative estimate of drug-likeness (QED) is 0.716. The predicted octanol–water partition coefficient (Wildman–Crippen LogP) is 2.21. The molecule has 0 bridgehead atoms. The minimum atomic E-state index is -0.106. The molecule has 24 heavy (non-hydrogen) atoms. The molecule has 1 aromatic heterocycles. The topological polar surface area (TPSA) is 60.5 Å². The number of urea groups is 1. The molecule has 134 valence electrons. The fourth-order valence-corrected chi connectivity index (χ4v) is 2.82. The van der Waals surface area contributed by atoms with Crippen LogP contribution < -0.4 is 15.5 Å². The second kappa shape index (κ2) is 10.1. The largest absolute Gasteiger partial charge is 0.354 e.